The normalized spacial score (nSPS) is 18.1. The number of aromatic nitrogens is 1. The molecule has 2 heterocycles. The summed E-state index contributed by atoms with van der Waals surface area (Å²) in [5.41, 5.74) is 2.10. The number of nitrogens with zero attached hydrogens (tertiary/aromatic N) is 2. The van der Waals surface area contributed by atoms with Crippen molar-refractivity contribution >= 4 is 5.91 Å². The average molecular weight is 302 g/mol. The molecule has 1 aliphatic rings. The van der Waals surface area contributed by atoms with Crippen LogP contribution in [0.2, 0.25) is 0 Å². The number of nitriles is 1. The number of carbonyl (C=O) groups excluding carboxylic acids is 1. The van der Waals surface area contributed by atoms with E-state index in [4.69, 9.17) is 5.26 Å². The van der Waals surface area contributed by atoms with Crippen molar-refractivity contribution in [3.63, 3.8) is 0 Å². The molecule has 0 bridgehead atoms. The van der Waals surface area contributed by atoms with E-state index in [1.165, 1.54) is 0 Å². The van der Waals surface area contributed by atoms with Gasteiger partial charge in [-0.15, -0.1) is 0 Å². The fourth-order valence-corrected chi connectivity index (χ4v) is 3.01. The minimum absolute atomic E-state index is 0.123. The molecule has 0 aromatic carbocycles. The Labute approximate surface area is 130 Å². The van der Waals surface area contributed by atoms with Gasteiger partial charge in [-0.2, -0.15) is 5.26 Å². The number of pyridine rings is 1. The molecule has 0 spiro atoms. The summed E-state index contributed by atoms with van der Waals surface area (Å²) in [6.45, 7) is 7.99. The number of amides is 1. The largest absolute Gasteiger partial charge is 0.337 e. The Morgan fingerprint density at radius 2 is 2.18 bits per heavy atom. The van der Waals surface area contributed by atoms with Gasteiger partial charge in [0.25, 0.3) is 5.56 Å². The van der Waals surface area contributed by atoms with Crippen LogP contribution in [0, 0.1) is 25.2 Å². The molecule has 1 saturated heterocycles. The van der Waals surface area contributed by atoms with Crippen molar-refractivity contribution in [2.24, 2.45) is 0 Å². The topological polar surface area (TPSA) is 89.0 Å². The van der Waals surface area contributed by atoms with Crippen LogP contribution in [-0.4, -0.2) is 41.5 Å². The lowest BCUT2D eigenvalue weighted by atomic mass is 9.98. The van der Waals surface area contributed by atoms with E-state index in [1.54, 1.807) is 6.92 Å². The first-order valence-corrected chi connectivity index (χ1v) is 7.58. The fourth-order valence-electron chi connectivity index (χ4n) is 3.01. The van der Waals surface area contributed by atoms with Crippen LogP contribution in [0.25, 0.3) is 0 Å². The fraction of sp³-hybridized carbons (Fsp3) is 0.562. The van der Waals surface area contributed by atoms with Crippen LogP contribution in [0.15, 0.2) is 4.79 Å². The minimum Gasteiger partial charge on any atom is -0.337 e. The summed E-state index contributed by atoms with van der Waals surface area (Å²) in [5, 5.41) is 12.3. The number of hydrogen-bond donors (Lipinski definition) is 2. The van der Waals surface area contributed by atoms with Crippen LogP contribution in [0.4, 0.5) is 0 Å². The smallest absolute Gasteiger partial charge is 0.266 e. The van der Waals surface area contributed by atoms with Gasteiger partial charge in [-0.1, -0.05) is 0 Å². The van der Waals surface area contributed by atoms with Crippen molar-refractivity contribution in [2.45, 2.75) is 39.7 Å². The lowest BCUT2D eigenvalue weighted by Gasteiger charge is -2.34. The maximum absolute atomic E-state index is 12.4. The summed E-state index contributed by atoms with van der Waals surface area (Å²) in [7, 11) is 0. The summed E-state index contributed by atoms with van der Waals surface area (Å²) >= 11 is 0. The van der Waals surface area contributed by atoms with Crippen molar-refractivity contribution < 1.29 is 4.79 Å². The van der Waals surface area contributed by atoms with Crippen LogP contribution in [0.5, 0.6) is 0 Å². The Balaban J connectivity index is 2.13. The molecule has 0 radical (unpaired) electrons. The van der Waals surface area contributed by atoms with Gasteiger partial charge in [0.1, 0.15) is 11.6 Å². The quantitative estimate of drug-likeness (QED) is 0.856. The molecule has 118 valence electrons. The second-order valence-corrected chi connectivity index (χ2v) is 5.81. The zero-order chi connectivity index (χ0) is 16.3. The van der Waals surface area contributed by atoms with Gasteiger partial charge < -0.3 is 15.2 Å². The second-order valence-electron chi connectivity index (χ2n) is 5.81. The molecule has 0 saturated carbocycles. The molecule has 1 unspecified atom stereocenters. The van der Waals surface area contributed by atoms with E-state index < -0.39 is 0 Å². The highest BCUT2D eigenvalue weighted by atomic mass is 16.2. The predicted molar refractivity (Wildman–Crippen MR) is 83.6 cm³/mol. The van der Waals surface area contributed by atoms with E-state index in [2.05, 4.69) is 10.3 Å². The monoisotopic (exact) mass is 302 g/mol. The van der Waals surface area contributed by atoms with E-state index in [0.717, 1.165) is 30.9 Å². The number of nitrogens with one attached hydrogen (secondary N) is 2. The van der Waals surface area contributed by atoms with Crippen molar-refractivity contribution in [3.05, 3.63) is 32.7 Å². The Kier molecular flexibility index (Phi) is 4.99. The highest BCUT2D eigenvalue weighted by Crippen LogP contribution is 2.16. The van der Waals surface area contributed by atoms with Crippen LogP contribution < -0.4 is 10.9 Å². The molecule has 1 amide bonds. The van der Waals surface area contributed by atoms with Crippen molar-refractivity contribution in [1.82, 2.24) is 15.2 Å². The summed E-state index contributed by atoms with van der Waals surface area (Å²) in [6.07, 6.45) is 0.932. The maximum atomic E-state index is 12.4. The molecule has 6 heteroatoms. The lowest BCUT2D eigenvalue weighted by molar-refractivity contribution is -0.133. The Morgan fingerprint density at radius 1 is 1.45 bits per heavy atom. The SMILES string of the molecule is Cc1[nH]c(=O)c(C#N)c(C)c1CCC(=O)N1CCNCC1C. The number of aromatic amines is 1. The van der Waals surface area contributed by atoms with Gasteiger partial charge >= 0.3 is 0 Å². The van der Waals surface area contributed by atoms with E-state index in [0.29, 0.717) is 18.4 Å². The van der Waals surface area contributed by atoms with Gasteiger partial charge in [-0.25, -0.2) is 0 Å². The first-order chi connectivity index (χ1) is 10.5. The molecule has 1 fully saturated rings. The standard InChI is InChI=1S/C16H22N4O2/c1-10-9-18-6-7-20(10)15(21)5-4-13-11(2)14(8-17)16(22)19-12(13)3/h10,18H,4-7,9H2,1-3H3,(H,19,22). The predicted octanol–water partition coefficient (Wildman–Crippen LogP) is 0.616. The number of H-pyrrole nitrogens is 1. The highest BCUT2D eigenvalue weighted by molar-refractivity contribution is 5.77. The van der Waals surface area contributed by atoms with Gasteiger partial charge in [0.2, 0.25) is 5.91 Å². The van der Waals surface area contributed by atoms with Gasteiger partial charge in [-0.3, -0.25) is 9.59 Å². The summed E-state index contributed by atoms with van der Waals surface area (Å²) in [5.74, 6) is 0.123. The Hall–Kier alpha value is -2.13. The molecule has 22 heavy (non-hydrogen) atoms. The summed E-state index contributed by atoms with van der Waals surface area (Å²) in [4.78, 5) is 28.7. The third-order valence-corrected chi connectivity index (χ3v) is 4.33. The van der Waals surface area contributed by atoms with E-state index in [9.17, 15) is 9.59 Å². The van der Waals surface area contributed by atoms with Crippen molar-refractivity contribution in [1.29, 1.82) is 5.26 Å². The molecule has 0 aliphatic carbocycles. The van der Waals surface area contributed by atoms with Gasteiger partial charge in [0.15, 0.2) is 0 Å². The highest BCUT2D eigenvalue weighted by Gasteiger charge is 2.23. The van der Waals surface area contributed by atoms with E-state index >= 15 is 0 Å². The number of hydrogen-bond acceptors (Lipinski definition) is 4. The summed E-state index contributed by atoms with van der Waals surface area (Å²) in [6, 6.07) is 2.14. The minimum atomic E-state index is -0.358. The molecular formula is C16H22N4O2. The molecule has 1 aromatic heterocycles. The Morgan fingerprint density at radius 3 is 2.82 bits per heavy atom. The molecule has 1 aromatic rings. The maximum Gasteiger partial charge on any atom is 0.266 e. The second kappa shape index (κ2) is 6.75. The van der Waals surface area contributed by atoms with Crippen molar-refractivity contribution in [3.8, 4) is 6.07 Å². The third-order valence-electron chi connectivity index (χ3n) is 4.33. The molecule has 1 atom stereocenters. The molecule has 1 aliphatic heterocycles. The Bertz CT molecular complexity index is 672. The number of aryl methyl sites for hydroxylation is 1. The average Bonchev–Trinajstić information content (AvgIpc) is 2.47. The first-order valence-electron chi connectivity index (χ1n) is 7.58. The van der Waals surface area contributed by atoms with E-state index in [-0.39, 0.29) is 23.1 Å². The molecule has 6 nitrogen and oxygen atoms in total. The zero-order valence-corrected chi connectivity index (χ0v) is 13.3. The lowest BCUT2D eigenvalue weighted by Crippen LogP contribution is -2.52. The molecular weight excluding hydrogens is 280 g/mol. The van der Waals surface area contributed by atoms with Crippen LogP contribution in [-0.2, 0) is 11.2 Å². The zero-order valence-electron chi connectivity index (χ0n) is 13.3. The van der Waals surface area contributed by atoms with Gasteiger partial charge in [-0.05, 0) is 38.3 Å². The first kappa shape index (κ1) is 16.2. The summed E-state index contributed by atoms with van der Waals surface area (Å²) < 4.78 is 0. The number of piperazine rings is 1. The van der Waals surface area contributed by atoms with Crippen LogP contribution >= 0.6 is 0 Å². The molecule has 2 N–H and O–H groups in total. The number of carbonyl (C=O) groups is 1. The van der Waals surface area contributed by atoms with E-state index in [1.807, 2.05) is 24.8 Å². The van der Waals surface area contributed by atoms with Crippen LogP contribution in [0.1, 0.15) is 35.7 Å². The van der Waals surface area contributed by atoms with Gasteiger partial charge in [0, 0.05) is 37.8 Å². The van der Waals surface area contributed by atoms with Crippen LogP contribution in [0.3, 0.4) is 0 Å². The number of rotatable bonds is 3. The third kappa shape index (κ3) is 3.20. The van der Waals surface area contributed by atoms with Gasteiger partial charge in [0.05, 0.1) is 0 Å². The molecule has 2 rings (SSSR count). The van der Waals surface area contributed by atoms with Crippen molar-refractivity contribution in [2.75, 3.05) is 19.6 Å².